The van der Waals surface area contributed by atoms with Crippen LogP contribution < -0.4 is 5.43 Å². The molecule has 0 saturated carbocycles. The van der Waals surface area contributed by atoms with E-state index in [-0.39, 0.29) is 5.91 Å². The van der Waals surface area contributed by atoms with E-state index in [4.69, 9.17) is 5.21 Å². The van der Waals surface area contributed by atoms with E-state index in [0.717, 1.165) is 0 Å². The van der Waals surface area contributed by atoms with Crippen molar-refractivity contribution in [3.63, 3.8) is 0 Å². The summed E-state index contributed by atoms with van der Waals surface area (Å²) in [5.41, 5.74) is 2.14. The summed E-state index contributed by atoms with van der Waals surface area (Å²) in [6.07, 6.45) is 0.380. The quantitative estimate of drug-likeness (QED) is 0.491. The number of carbonyl (C=O) groups excluding carboxylic acids is 1. The maximum Gasteiger partial charge on any atom is 0.235 e. The predicted molar refractivity (Wildman–Crippen MR) is 28.0 cm³/mol. The van der Waals surface area contributed by atoms with Gasteiger partial charge in [-0.1, -0.05) is 6.92 Å². The van der Waals surface area contributed by atoms with E-state index in [2.05, 4.69) is 5.43 Å². The minimum Gasteiger partial charge on any atom is -0.295 e. The number of carbonyl (C=O) groups is 1. The van der Waals surface area contributed by atoms with Gasteiger partial charge in [0.2, 0.25) is 5.91 Å². The zero-order valence-corrected chi connectivity index (χ0v) is 5.01. The zero-order chi connectivity index (χ0) is 6.57. The number of hydrogen-bond donors (Lipinski definition) is 2. The van der Waals surface area contributed by atoms with Crippen molar-refractivity contribution in [2.75, 3.05) is 7.05 Å². The molecule has 8 heavy (non-hydrogen) atoms. The predicted octanol–water partition coefficient (Wildman–Crippen LogP) is -0.251. The average molecular weight is 118 g/mol. The molecule has 4 nitrogen and oxygen atoms in total. The van der Waals surface area contributed by atoms with Crippen molar-refractivity contribution in [1.82, 2.24) is 10.6 Å². The third-order valence-corrected chi connectivity index (χ3v) is 0.608. The van der Waals surface area contributed by atoms with Gasteiger partial charge >= 0.3 is 0 Å². The minimum absolute atomic E-state index is 0.199. The van der Waals surface area contributed by atoms with Crippen LogP contribution in [0, 0.1) is 0 Å². The normalized spacial score (nSPS) is 9.50. The topological polar surface area (TPSA) is 52.6 Å². The lowest BCUT2D eigenvalue weighted by atomic mass is 10.5. The number of hydrogen-bond acceptors (Lipinski definition) is 3. The van der Waals surface area contributed by atoms with E-state index < -0.39 is 0 Å². The maximum atomic E-state index is 10.3. The van der Waals surface area contributed by atoms with Crippen molar-refractivity contribution < 1.29 is 10.0 Å². The van der Waals surface area contributed by atoms with E-state index in [1.54, 1.807) is 6.92 Å². The first-order valence-electron chi connectivity index (χ1n) is 2.39. The van der Waals surface area contributed by atoms with Crippen LogP contribution in [-0.2, 0) is 4.79 Å². The van der Waals surface area contributed by atoms with Crippen LogP contribution in [0.25, 0.3) is 0 Å². The van der Waals surface area contributed by atoms with E-state index in [0.29, 0.717) is 11.6 Å². The third kappa shape index (κ3) is 3.58. The molecule has 0 atom stereocenters. The van der Waals surface area contributed by atoms with Crippen LogP contribution in [0.2, 0.25) is 0 Å². The summed E-state index contributed by atoms with van der Waals surface area (Å²) >= 11 is 0. The van der Waals surface area contributed by atoms with Crippen LogP contribution >= 0.6 is 0 Å². The molecule has 0 rings (SSSR count). The van der Waals surface area contributed by atoms with Crippen LogP contribution in [-0.4, -0.2) is 23.3 Å². The fraction of sp³-hybridized carbons (Fsp3) is 0.750. The standard InChI is InChI=1S/C4H10N2O2/c1-3-4(7)5-6(2)8/h8H,3H2,1-2H3,(H,5,7). The second-order valence-corrected chi connectivity index (χ2v) is 1.41. The highest BCUT2D eigenvalue weighted by atomic mass is 16.5. The third-order valence-electron chi connectivity index (χ3n) is 0.608. The molecule has 0 aliphatic rings. The van der Waals surface area contributed by atoms with Gasteiger partial charge in [0.25, 0.3) is 0 Å². The fourth-order valence-electron chi connectivity index (χ4n) is 0.260. The highest BCUT2D eigenvalue weighted by Gasteiger charge is 1.95. The summed E-state index contributed by atoms with van der Waals surface area (Å²) in [6, 6.07) is 0. The van der Waals surface area contributed by atoms with Crippen molar-refractivity contribution >= 4 is 5.91 Å². The fourth-order valence-corrected chi connectivity index (χ4v) is 0.260. The first-order chi connectivity index (χ1) is 3.66. The molecular formula is C4H10N2O2. The SMILES string of the molecule is CCC(=O)NN(C)O. The molecule has 2 N–H and O–H groups in total. The molecule has 0 saturated heterocycles. The Kier molecular flexibility index (Phi) is 3.14. The molecule has 0 aromatic heterocycles. The Morgan fingerprint density at radius 3 is 2.50 bits per heavy atom. The van der Waals surface area contributed by atoms with Crippen LogP contribution in [0.1, 0.15) is 13.3 Å². The average Bonchev–Trinajstić information content (AvgIpc) is 1.65. The molecule has 4 heteroatoms. The molecule has 0 fully saturated rings. The molecule has 0 heterocycles. The molecule has 1 amide bonds. The minimum atomic E-state index is -0.199. The van der Waals surface area contributed by atoms with E-state index in [1.165, 1.54) is 7.05 Å². The Balaban J connectivity index is 3.25. The van der Waals surface area contributed by atoms with E-state index in [1.807, 2.05) is 0 Å². The van der Waals surface area contributed by atoms with Gasteiger partial charge in [-0.3, -0.25) is 15.4 Å². The monoisotopic (exact) mass is 118 g/mol. The summed E-state index contributed by atoms with van der Waals surface area (Å²) in [6.45, 7) is 1.71. The van der Waals surface area contributed by atoms with Gasteiger partial charge in [-0.25, -0.2) is 0 Å². The van der Waals surface area contributed by atoms with Gasteiger partial charge in [-0.2, -0.15) is 0 Å². The van der Waals surface area contributed by atoms with Gasteiger partial charge in [-0.05, 0) is 0 Å². The number of rotatable bonds is 2. The van der Waals surface area contributed by atoms with Crippen molar-refractivity contribution in [2.24, 2.45) is 0 Å². The molecule has 48 valence electrons. The maximum absolute atomic E-state index is 10.3. The molecule has 0 aliphatic heterocycles. The Bertz CT molecular complexity index is 82.1. The van der Waals surface area contributed by atoms with Gasteiger partial charge in [0.15, 0.2) is 0 Å². The van der Waals surface area contributed by atoms with Gasteiger partial charge < -0.3 is 0 Å². The zero-order valence-electron chi connectivity index (χ0n) is 5.01. The van der Waals surface area contributed by atoms with Crippen LogP contribution in [0.15, 0.2) is 0 Å². The Morgan fingerprint density at radius 2 is 2.38 bits per heavy atom. The van der Waals surface area contributed by atoms with Crippen LogP contribution in [0.5, 0.6) is 0 Å². The molecule has 0 unspecified atom stereocenters. The smallest absolute Gasteiger partial charge is 0.235 e. The number of hydrazine groups is 1. The summed E-state index contributed by atoms with van der Waals surface area (Å²) in [5, 5.41) is 8.99. The van der Waals surface area contributed by atoms with Gasteiger partial charge in [0, 0.05) is 13.5 Å². The van der Waals surface area contributed by atoms with Gasteiger partial charge in [0.05, 0.1) is 0 Å². The first-order valence-corrected chi connectivity index (χ1v) is 2.39. The number of nitrogens with one attached hydrogen (secondary N) is 1. The molecule has 0 radical (unpaired) electrons. The second kappa shape index (κ2) is 3.40. The van der Waals surface area contributed by atoms with Crippen LogP contribution in [0.4, 0.5) is 0 Å². The largest absolute Gasteiger partial charge is 0.295 e. The lowest BCUT2D eigenvalue weighted by molar-refractivity contribution is -0.150. The van der Waals surface area contributed by atoms with Crippen molar-refractivity contribution in [1.29, 1.82) is 0 Å². The summed E-state index contributed by atoms with van der Waals surface area (Å²) < 4.78 is 0. The molecule has 0 aromatic carbocycles. The first kappa shape index (κ1) is 7.39. The second-order valence-electron chi connectivity index (χ2n) is 1.41. The lowest BCUT2D eigenvalue weighted by Gasteiger charge is -2.07. The van der Waals surface area contributed by atoms with Crippen molar-refractivity contribution in [3.8, 4) is 0 Å². The molecule has 0 spiro atoms. The van der Waals surface area contributed by atoms with Crippen molar-refractivity contribution in [2.45, 2.75) is 13.3 Å². The Morgan fingerprint density at radius 1 is 1.88 bits per heavy atom. The van der Waals surface area contributed by atoms with Crippen molar-refractivity contribution in [3.05, 3.63) is 0 Å². The highest BCUT2D eigenvalue weighted by molar-refractivity contribution is 5.74. The van der Waals surface area contributed by atoms with Gasteiger partial charge in [-0.15, -0.1) is 5.17 Å². The number of hydroxylamine groups is 1. The summed E-state index contributed by atoms with van der Waals surface area (Å²) in [4.78, 5) is 10.3. The molecule has 0 aromatic rings. The number of nitrogens with zero attached hydrogens (tertiary/aromatic N) is 1. The van der Waals surface area contributed by atoms with E-state index >= 15 is 0 Å². The Labute approximate surface area is 48.0 Å². The van der Waals surface area contributed by atoms with Crippen LogP contribution in [0.3, 0.4) is 0 Å². The molecule has 0 aliphatic carbocycles. The highest BCUT2D eigenvalue weighted by Crippen LogP contribution is 1.73. The van der Waals surface area contributed by atoms with Gasteiger partial charge in [0.1, 0.15) is 0 Å². The summed E-state index contributed by atoms with van der Waals surface area (Å²) in [7, 11) is 1.34. The Hall–Kier alpha value is -0.610. The summed E-state index contributed by atoms with van der Waals surface area (Å²) in [5.74, 6) is -0.199. The molecular weight excluding hydrogens is 108 g/mol. The molecule has 0 bridgehead atoms. The van der Waals surface area contributed by atoms with E-state index in [9.17, 15) is 4.79 Å². The number of amides is 1. The lowest BCUT2D eigenvalue weighted by Crippen LogP contribution is -2.35.